The molecule has 23 heavy (non-hydrogen) atoms. The van der Waals surface area contributed by atoms with E-state index in [1.807, 2.05) is 19.1 Å². The van der Waals surface area contributed by atoms with Crippen LogP contribution in [-0.4, -0.2) is 17.9 Å². The van der Waals surface area contributed by atoms with Gasteiger partial charge in [-0.3, -0.25) is 20.4 Å². The number of carbonyl (C=O) groups excluding carboxylic acids is 2. The number of carbonyl (C=O) groups is 2. The van der Waals surface area contributed by atoms with E-state index in [0.29, 0.717) is 15.8 Å². The van der Waals surface area contributed by atoms with Crippen LogP contribution >= 0.6 is 15.9 Å². The van der Waals surface area contributed by atoms with Gasteiger partial charge in [-0.2, -0.15) is 0 Å². The van der Waals surface area contributed by atoms with Crippen LogP contribution in [0.1, 0.15) is 22.8 Å². The van der Waals surface area contributed by atoms with Gasteiger partial charge in [-0.1, -0.05) is 29.8 Å². The molecule has 0 aliphatic carbocycles. The molecule has 2 N–H and O–H groups in total. The monoisotopic (exact) mass is 376 g/mol. The fourth-order valence-corrected chi connectivity index (χ4v) is 2.27. The number of hydrogen-bond acceptors (Lipinski definition) is 3. The summed E-state index contributed by atoms with van der Waals surface area (Å²) in [4.78, 5) is 24.0. The van der Waals surface area contributed by atoms with Gasteiger partial charge in [0.2, 0.25) is 0 Å². The van der Waals surface area contributed by atoms with Crippen molar-refractivity contribution in [2.75, 3.05) is 0 Å². The van der Waals surface area contributed by atoms with Crippen molar-refractivity contribution in [3.63, 3.8) is 0 Å². The predicted octanol–water partition coefficient (Wildman–Crippen LogP) is 2.99. The second-order valence-corrected chi connectivity index (χ2v) is 5.85. The molecule has 0 saturated heterocycles. The summed E-state index contributed by atoms with van der Waals surface area (Å²) in [7, 11) is 0. The van der Waals surface area contributed by atoms with E-state index in [0.717, 1.165) is 5.56 Å². The molecule has 0 aliphatic rings. The van der Waals surface area contributed by atoms with Crippen molar-refractivity contribution in [3.8, 4) is 5.75 Å². The first-order valence-electron chi connectivity index (χ1n) is 7.05. The zero-order valence-corrected chi connectivity index (χ0v) is 14.4. The molecule has 2 amide bonds. The molecule has 1 atom stereocenters. The van der Waals surface area contributed by atoms with Crippen LogP contribution in [0.15, 0.2) is 53.0 Å². The summed E-state index contributed by atoms with van der Waals surface area (Å²) >= 11 is 3.28. The Balaban J connectivity index is 1.87. The van der Waals surface area contributed by atoms with E-state index in [1.165, 1.54) is 0 Å². The van der Waals surface area contributed by atoms with Crippen LogP contribution in [0.3, 0.4) is 0 Å². The third-order valence-corrected chi connectivity index (χ3v) is 3.81. The van der Waals surface area contributed by atoms with Gasteiger partial charge in [-0.15, -0.1) is 0 Å². The molecule has 6 heteroatoms. The van der Waals surface area contributed by atoms with Crippen molar-refractivity contribution in [1.82, 2.24) is 10.9 Å². The van der Waals surface area contributed by atoms with Crippen LogP contribution in [0.25, 0.3) is 0 Å². The Labute approximate surface area is 143 Å². The van der Waals surface area contributed by atoms with Crippen LogP contribution in [0.4, 0.5) is 0 Å². The lowest BCUT2D eigenvalue weighted by atomic mass is 10.2. The van der Waals surface area contributed by atoms with E-state index in [1.54, 1.807) is 43.3 Å². The number of aryl methyl sites for hydroxylation is 1. The number of amides is 2. The van der Waals surface area contributed by atoms with Crippen LogP contribution in [0.2, 0.25) is 0 Å². The number of benzene rings is 2. The van der Waals surface area contributed by atoms with Gasteiger partial charge in [0, 0.05) is 4.47 Å². The minimum atomic E-state index is -0.739. The number of nitrogens with one attached hydrogen (secondary N) is 2. The van der Waals surface area contributed by atoms with Crippen molar-refractivity contribution >= 4 is 27.7 Å². The molecule has 0 fully saturated rings. The molecule has 0 bridgehead atoms. The van der Waals surface area contributed by atoms with Gasteiger partial charge in [0.1, 0.15) is 5.75 Å². The van der Waals surface area contributed by atoms with Gasteiger partial charge in [0.15, 0.2) is 6.10 Å². The van der Waals surface area contributed by atoms with Crippen molar-refractivity contribution in [2.45, 2.75) is 20.0 Å². The van der Waals surface area contributed by atoms with Crippen LogP contribution in [0, 0.1) is 6.92 Å². The van der Waals surface area contributed by atoms with Gasteiger partial charge < -0.3 is 4.74 Å². The highest BCUT2D eigenvalue weighted by Gasteiger charge is 2.16. The molecule has 5 nitrogen and oxygen atoms in total. The van der Waals surface area contributed by atoms with Gasteiger partial charge >= 0.3 is 0 Å². The second-order valence-electron chi connectivity index (χ2n) is 5.00. The quantitative estimate of drug-likeness (QED) is 0.806. The van der Waals surface area contributed by atoms with Crippen molar-refractivity contribution in [2.24, 2.45) is 0 Å². The highest BCUT2D eigenvalue weighted by molar-refractivity contribution is 9.10. The van der Waals surface area contributed by atoms with Gasteiger partial charge in [-0.05, 0) is 54.0 Å². The molecule has 2 aromatic rings. The van der Waals surface area contributed by atoms with Crippen molar-refractivity contribution in [3.05, 3.63) is 64.1 Å². The molecule has 1 unspecified atom stereocenters. The Morgan fingerprint density at radius 1 is 1.04 bits per heavy atom. The lowest BCUT2D eigenvalue weighted by Gasteiger charge is -2.15. The van der Waals surface area contributed by atoms with Crippen LogP contribution in [-0.2, 0) is 4.79 Å². The molecular formula is C17H17BrN2O3. The Morgan fingerprint density at radius 3 is 2.35 bits per heavy atom. The zero-order chi connectivity index (χ0) is 16.8. The number of hydrazine groups is 1. The molecule has 0 aliphatic heterocycles. The summed E-state index contributed by atoms with van der Waals surface area (Å²) in [6, 6.07) is 14.3. The third-order valence-electron chi connectivity index (χ3n) is 3.12. The second kappa shape index (κ2) is 7.78. The third kappa shape index (κ3) is 4.82. The van der Waals surface area contributed by atoms with E-state index >= 15 is 0 Å². The fraction of sp³-hybridized carbons (Fsp3) is 0.176. The van der Waals surface area contributed by atoms with Crippen LogP contribution < -0.4 is 15.6 Å². The first kappa shape index (κ1) is 17.0. The maximum absolute atomic E-state index is 12.0. The predicted molar refractivity (Wildman–Crippen MR) is 91.0 cm³/mol. The minimum absolute atomic E-state index is 0.409. The van der Waals surface area contributed by atoms with E-state index in [2.05, 4.69) is 26.8 Å². The fourth-order valence-electron chi connectivity index (χ4n) is 1.81. The smallest absolute Gasteiger partial charge is 0.279 e. The summed E-state index contributed by atoms with van der Waals surface area (Å²) < 4.78 is 6.17. The highest BCUT2D eigenvalue weighted by Crippen LogP contribution is 2.15. The highest BCUT2D eigenvalue weighted by atomic mass is 79.9. The summed E-state index contributed by atoms with van der Waals surface area (Å²) in [5.74, 6) is -0.255. The molecular weight excluding hydrogens is 360 g/mol. The standard InChI is InChI=1S/C17H17BrN2O3/c1-11-7-9-13(10-8-11)23-12(2)16(21)19-20-17(22)14-5-3-4-6-15(14)18/h3-10,12H,1-2H3,(H,19,21)(H,20,22). The van der Waals surface area contributed by atoms with Gasteiger partial charge in [-0.25, -0.2) is 0 Å². The first-order chi connectivity index (χ1) is 11.0. The molecule has 0 aromatic heterocycles. The van der Waals surface area contributed by atoms with Crippen molar-refractivity contribution < 1.29 is 14.3 Å². The van der Waals surface area contributed by atoms with Gasteiger partial charge in [0.05, 0.1) is 5.56 Å². The van der Waals surface area contributed by atoms with E-state index in [-0.39, 0.29) is 0 Å². The Hall–Kier alpha value is -2.34. The topological polar surface area (TPSA) is 67.4 Å². The molecule has 120 valence electrons. The van der Waals surface area contributed by atoms with Crippen LogP contribution in [0.5, 0.6) is 5.75 Å². The SMILES string of the molecule is Cc1ccc(OC(C)C(=O)NNC(=O)c2ccccc2Br)cc1. The summed E-state index contributed by atoms with van der Waals surface area (Å²) in [5.41, 5.74) is 6.26. The molecule has 0 radical (unpaired) electrons. The normalized spacial score (nSPS) is 11.4. The number of ether oxygens (including phenoxy) is 1. The average molecular weight is 377 g/mol. The average Bonchev–Trinajstić information content (AvgIpc) is 2.54. The number of rotatable bonds is 4. The Bertz CT molecular complexity index is 701. The lowest BCUT2D eigenvalue weighted by molar-refractivity contribution is -0.128. The summed E-state index contributed by atoms with van der Waals surface area (Å²) in [6.07, 6.45) is -0.739. The first-order valence-corrected chi connectivity index (χ1v) is 7.84. The molecule has 0 saturated carbocycles. The lowest BCUT2D eigenvalue weighted by Crippen LogP contribution is -2.47. The summed E-state index contributed by atoms with van der Waals surface area (Å²) in [5, 5.41) is 0. The summed E-state index contributed by atoms with van der Waals surface area (Å²) in [6.45, 7) is 3.58. The van der Waals surface area contributed by atoms with Gasteiger partial charge in [0.25, 0.3) is 11.8 Å². The zero-order valence-electron chi connectivity index (χ0n) is 12.8. The molecule has 0 spiro atoms. The Morgan fingerprint density at radius 2 is 1.70 bits per heavy atom. The minimum Gasteiger partial charge on any atom is -0.481 e. The van der Waals surface area contributed by atoms with E-state index < -0.39 is 17.9 Å². The molecule has 2 rings (SSSR count). The Kier molecular flexibility index (Phi) is 5.76. The maximum Gasteiger partial charge on any atom is 0.279 e. The largest absolute Gasteiger partial charge is 0.481 e. The van der Waals surface area contributed by atoms with E-state index in [9.17, 15) is 9.59 Å². The molecule has 2 aromatic carbocycles. The maximum atomic E-state index is 12.0. The van der Waals surface area contributed by atoms with Crippen molar-refractivity contribution in [1.29, 1.82) is 0 Å². The number of halogens is 1. The molecule has 0 heterocycles. The number of hydrogen-bond donors (Lipinski definition) is 2. The van der Waals surface area contributed by atoms with E-state index in [4.69, 9.17) is 4.74 Å².